The normalized spacial score (nSPS) is 16.1. The van der Waals surface area contributed by atoms with Crippen molar-refractivity contribution in [1.29, 1.82) is 5.26 Å². The maximum atomic E-state index is 9.20. The molecular weight excluding hydrogens is 232 g/mol. The maximum absolute atomic E-state index is 9.20. The zero-order valence-electron chi connectivity index (χ0n) is 11.0. The highest BCUT2D eigenvalue weighted by molar-refractivity contribution is 5.61. The highest BCUT2D eigenvalue weighted by atomic mass is 14.9. The van der Waals surface area contributed by atoms with Crippen LogP contribution in [0.5, 0.6) is 0 Å². The van der Waals surface area contributed by atoms with Crippen LogP contribution >= 0.6 is 0 Å². The maximum Gasteiger partial charge on any atom is 0.102 e. The Balaban J connectivity index is 1.72. The molecule has 19 heavy (non-hydrogen) atoms. The molecule has 0 amide bonds. The molecule has 1 aliphatic carbocycles. The lowest BCUT2D eigenvalue weighted by molar-refractivity contribution is 0.635. The average molecular weight is 248 g/mol. The van der Waals surface area contributed by atoms with Crippen LogP contribution in [0.3, 0.4) is 0 Å². The molecule has 0 fully saturated rings. The van der Waals surface area contributed by atoms with Crippen LogP contribution in [-0.4, -0.2) is 6.54 Å². The van der Waals surface area contributed by atoms with E-state index in [1.165, 1.54) is 11.1 Å². The van der Waals surface area contributed by atoms with Crippen LogP contribution in [0.15, 0.2) is 42.5 Å². The number of nitrogens with one attached hydrogen (secondary N) is 1. The Morgan fingerprint density at radius 2 is 2.05 bits per heavy atom. The summed E-state index contributed by atoms with van der Waals surface area (Å²) in [4.78, 5) is 0. The lowest BCUT2D eigenvalue weighted by Crippen LogP contribution is -2.24. The van der Waals surface area contributed by atoms with Gasteiger partial charge in [0.25, 0.3) is 0 Å². The largest absolute Gasteiger partial charge is 0.383 e. The molecule has 0 heterocycles. The Morgan fingerprint density at radius 1 is 1.21 bits per heavy atom. The van der Waals surface area contributed by atoms with E-state index in [-0.39, 0.29) is 0 Å². The first-order valence-electron chi connectivity index (χ1n) is 6.61. The molecule has 94 valence electrons. The van der Waals surface area contributed by atoms with E-state index in [1.807, 2.05) is 25.1 Å². The molecule has 0 saturated heterocycles. The van der Waals surface area contributed by atoms with Crippen LogP contribution < -0.4 is 5.32 Å². The second kappa shape index (κ2) is 4.78. The zero-order valence-corrected chi connectivity index (χ0v) is 11.0. The minimum Gasteiger partial charge on any atom is -0.383 e. The summed E-state index contributed by atoms with van der Waals surface area (Å²) in [6.45, 7) is 2.87. The third kappa shape index (κ3) is 2.08. The summed E-state index contributed by atoms with van der Waals surface area (Å²) in [5.74, 6) is 0.572. The van der Waals surface area contributed by atoms with Crippen LogP contribution in [-0.2, 0) is 6.42 Å². The van der Waals surface area contributed by atoms with E-state index in [0.29, 0.717) is 5.92 Å². The first-order chi connectivity index (χ1) is 9.29. The van der Waals surface area contributed by atoms with Gasteiger partial charge < -0.3 is 5.32 Å². The first-order valence-corrected chi connectivity index (χ1v) is 6.61. The summed E-state index contributed by atoms with van der Waals surface area (Å²) in [5.41, 5.74) is 5.64. The number of nitrogens with zero attached hydrogens (tertiary/aromatic N) is 1. The third-order valence-electron chi connectivity index (χ3n) is 3.88. The van der Waals surface area contributed by atoms with Gasteiger partial charge in [-0.25, -0.2) is 0 Å². The van der Waals surface area contributed by atoms with Crippen LogP contribution in [0, 0.1) is 18.3 Å². The average Bonchev–Trinajstić information content (AvgIpc) is 2.40. The molecule has 2 nitrogen and oxygen atoms in total. The van der Waals surface area contributed by atoms with Gasteiger partial charge in [-0.2, -0.15) is 5.26 Å². The molecule has 2 heteroatoms. The standard InChI is InChI=1S/C17H16N2/c1-12-5-4-8-17(16(12)10-18)19-11-14-9-13-6-2-3-7-15(13)14/h2-8,14,19H,9,11H2,1H3. The lowest BCUT2D eigenvalue weighted by Gasteiger charge is -2.30. The molecule has 1 N–H and O–H groups in total. The van der Waals surface area contributed by atoms with Crippen LogP contribution in [0.1, 0.15) is 28.2 Å². The number of rotatable bonds is 3. The van der Waals surface area contributed by atoms with E-state index in [2.05, 4.69) is 35.7 Å². The van der Waals surface area contributed by atoms with E-state index in [1.54, 1.807) is 0 Å². The van der Waals surface area contributed by atoms with E-state index < -0.39 is 0 Å². The van der Waals surface area contributed by atoms with E-state index in [9.17, 15) is 5.26 Å². The summed E-state index contributed by atoms with van der Waals surface area (Å²) in [6, 6.07) is 16.8. The first kappa shape index (κ1) is 11.8. The van der Waals surface area contributed by atoms with Crippen molar-refractivity contribution in [3.05, 3.63) is 64.7 Å². The number of fused-ring (bicyclic) bond motifs is 1. The van der Waals surface area contributed by atoms with Crippen molar-refractivity contribution in [2.75, 3.05) is 11.9 Å². The minimum absolute atomic E-state index is 0.572. The number of hydrogen-bond donors (Lipinski definition) is 1. The lowest BCUT2D eigenvalue weighted by atomic mass is 9.77. The van der Waals surface area contributed by atoms with Gasteiger partial charge >= 0.3 is 0 Å². The van der Waals surface area contributed by atoms with Gasteiger partial charge in [-0.1, -0.05) is 36.4 Å². The summed E-state index contributed by atoms with van der Waals surface area (Å²) >= 11 is 0. The molecule has 3 rings (SSSR count). The SMILES string of the molecule is Cc1cccc(NCC2Cc3ccccc32)c1C#N. The van der Waals surface area contributed by atoms with Crippen molar-refractivity contribution in [2.45, 2.75) is 19.3 Å². The van der Waals surface area contributed by atoms with Crippen LogP contribution in [0.4, 0.5) is 5.69 Å². The van der Waals surface area contributed by atoms with Crippen LogP contribution in [0.2, 0.25) is 0 Å². The number of benzene rings is 2. The van der Waals surface area contributed by atoms with Gasteiger partial charge in [0.05, 0.1) is 11.3 Å². The van der Waals surface area contributed by atoms with Crippen molar-refractivity contribution < 1.29 is 0 Å². The van der Waals surface area contributed by atoms with Crippen molar-refractivity contribution in [1.82, 2.24) is 0 Å². The molecule has 2 aromatic rings. The van der Waals surface area contributed by atoms with Gasteiger partial charge in [-0.3, -0.25) is 0 Å². The fourth-order valence-electron chi connectivity index (χ4n) is 2.74. The van der Waals surface area contributed by atoms with Gasteiger partial charge in [0.15, 0.2) is 0 Å². The van der Waals surface area contributed by atoms with E-state index in [0.717, 1.165) is 29.8 Å². The number of anilines is 1. The molecule has 1 atom stereocenters. The van der Waals surface area contributed by atoms with E-state index in [4.69, 9.17) is 0 Å². The monoisotopic (exact) mass is 248 g/mol. The van der Waals surface area contributed by atoms with Gasteiger partial charge in [0.1, 0.15) is 6.07 Å². The van der Waals surface area contributed by atoms with Crippen molar-refractivity contribution in [3.63, 3.8) is 0 Å². The van der Waals surface area contributed by atoms with Gasteiger partial charge in [0, 0.05) is 12.5 Å². The summed E-state index contributed by atoms with van der Waals surface area (Å²) < 4.78 is 0. The second-order valence-electron chi connectivity index (χ2n) is 5.09. The molecule has 0 spiro atoms. The molecule has 0 radical (unpaired) electrons. The number of hydrogen-bond acceptors (Lipinski definition) is 2. The van der Waals surface area contributed by atoms with Crippen molar-refractivity contribution in [2.24, 2.45) is 0 Å². The predicted octanol–water partition coefficient (Wildman–Crippen LogP) is 3.62. The Hall–Kier alpha value is -2.27. The fourth-order valence-corrected chi connectivity index (χ4v) is 2.74. The molecule has 1 aliphatic rings. The Morgan fingerprint density at radius 3 is 2.84 bits per heavy atom. The molecule has 0 aromatic heterocycles. The van der Waals surface area contributed by atoms with E-state index >= 15 is 0 Å². The Kier molecular flexibility index (Phi) is 2.97. The van der Waals surface area contributed by atoms with Gasteiger partial charge in [-0.05, 0) is 36.1 Å². The zero-order chi connectivity index (χ0) is 13.2. The predicted molar refractivity (Wildman–Crippen MR) is 77.3 cm³/mol. The summed E-state index contributed by atoms with van der Waals surface area (Å²) in [7, 11) is 0. The van der Waals surface area contributed by atoms with Gasteiger partial charge in [0.2, 0.25) is 0 Å². The third-order valence-corrected chi connectivity index (χ3v) is 3.88. The highest BCUT2D eigenvalue weighted by Gasteiger charge is 2.25. The number of aryl methyl sites for hydroxylation is 1. The topological polar surface area (TPSA) is 35.8 Å². The Bertz CT molecular complexity index is 653. The summed E-state index contributed by atoms with van der Waals surface area (Å²) in [6.07, 6.45) is 1.14. The van der Waals surface area contributed by atoms with Crippen molar-refractivity contribution >= 4 is 5.69 Å². The van der Waals surface area contributed by atoms with Gasteiger partial charge in [-0.15, -0.1) is 0 Å². The summed E-state index contributed by atoms with van der Waals surface area (Å²) in [5, 5.41) is 12.6. The molecule has 0 aliphatic heterocycles. The molecule has 1 unspecified atom stereocenters. The fraction of sp³-hybridized carbons (Fsp3) is 0.235. The molecule has 2 aromatic carbocycles. The van der Waals surface area contributed by atoms with Crippen molar-refractivity contribution in [3.8, 4) is 6.07 Å². The molecular formula is C17H16N2. The van der Waals surface area contributed by atoms with Crippen LogP contribution in [0.25, 0.3) is 0 Å². The highest BCUT2D eigenvalue weighted by Crippen LogP contribution is 2.35. The minimum atomic E-state index is 0.572. The second-order valence-corrected chi connectivity index (χ2v) is 5.09. The number of nitriles is 1. The quantitative estimate of drug-likeness (QED) is 0.900. The Labute approximate surface area is 113 Å². The molecule has 0 saturated carbocycles. The molecule has 0 bridgehead atoms. The smallest absolute Gasteiger partial charge is 0.102 e.